The van der Waals surface area contributed by atoms with Gasteiger partial charge in [-0.25, -0.2) is 4.98 Å². The molecule has 0 spiro atoms. The monoisotopic (exact) mass is 571 g/mol. The van der Waals surface area contributed by atoms with Crippen molar-refractivity contribution < 1.29 is 14.3 Å². The Morgan fingerprint density at radius 1 is 1.00 bits per heavy atom. The standard InChI is InChI=1S/C29H26BrN5O3/c1-35-27-12-11-22(16-26(27)34-29(35)33-20-7-5-19(30)6-8-20)38-23-13-14-32-25(15-23)24(17-28(31)36)18-3-9-21(37-2)10-4-18/h3-16,24H,17H2,1-2H3,(H2,31,36)(H,33,34). The number of rotatable bonds is 9. The molecule has 2 heterocycles. The van der Waals surface area contributed by atoms with E-state index in [1.54, 1.807) is 19.4 Å². The Balaban J connectivity index is 1.39. The van der Waals surface area contributed by atoms with Crippen LogP contribution in [0.4, 0.5) is 11.6 Å². The predicted octanol–water partition coefficient (Wildman–Crippen LogP) is 6.28. The number of methoxy groups -OCH3 is 1. The van der Waals surface area contributed by atoms with Crippen molar-refractivity contribution in [3.05, 3.63) is 101 Å². The maximum atomic E-state index is 11.9. The first-order valence-corrected chi connectivity index (χ1v) is 12.7. The molecular formula is C29H26BrN5O3. The number of hydrogen-bond donors (Lipinski definition) is 2. The van der Waals surface area contributed by atoms with Crippen LogP contribution in [-0.2, 0) is 11.8 Å². The van der Waals surface area contributed by atoms with E-state index < -0.39 is 5.91 Å². The fraction of sp³-hybridized carbons (Fsp3) is 0.138. The zero-order valence-corrected chi connectivity index (χ0v) is 22.5. The average molecular weight is 572 g/mol. The van der Waals surface area contributed by atoms with E-state index in [1.165, 1.54) is 0 Å². The average Bonchev–Trinajstić information content (AvgIpc) is 3.22. The number of hydrogen-bond acceptors (Lipinski definition) is 6. The van der Waals surface area contributed by atoms with E-state index in [0.717, 1.165) is 38.5 Å². The Kier molecular flexibility index (Phi) is 7.28. The van der Waals surface area contributed by atoms with Gasteiger partial charge in [0.05, 0.1) is 23.8 Å². The summed E-state index contributed by atoms with van der Waals surface area (Å²) in [5, 5.41) is 3.35. The Morgan fingerprint density at radius 2 is 1.71 bits per heavy atom. The third kappa shape index (κ3) is 5.63. The van der Waals surface area contributed by atoms with Crippen LogP contribution in [-0.4, -0.2) is 27.6 Å². The van der Waals surface area contributed by atoms with Crippen molar-refractivity contribution in [3.8, 4) is 17.2 Å². The van der Waals surface area contributed by atoms with Crippen molar-refractivity contribution in [2.24, 2.45) is 12.8 Å². The van der Waals surface area contributed by atoms with E-state index in [4.69, 9.17) is 20.2 Å². The molecule has 3 aromatic carbocycles. The first-order valence-electron chi connectivity index (χ1n) is 11.9. The van der Waals surface area contributed by atoms with Gasteiger partial charge in [-0.1, -0.05) is 28.1 Å². The van der Waals surface area contributed by atoms with E-state index >= 15 is 0 Å². The number of carbonyl (C=O) groups excluding carboxylic acids is 1. The normalized spacial score (nSPS) is 11.8. The minimum Gasteiger partial charge on any atom is -0.497 e. The van der Waals surface area contributed by atoms with Gasteiger partial charge in [-0.15, -0.1) is 0 Å². The van der Waals surface area contributed by atoms with Crippen molar-refractivity contribution in [2.45, 2.75) is 12.3 Å². The van der Waals surface area contributed by atoms with Crippen molar-refractivity contribution in [1.82, 2.24) is 14.5 Å². The number of aromatic nitrogens is 3. The van der Waals surface area contributed by atoms with Crippen LogP contribution in [0, 0.1) is 0 Å². The lowest BCUT2D eigenvalue weighted by Gasteiger charge is -2.17. The maximum absolute atomic E-state index is 11.9. The maximum Gasteiger partial charge on any atom is 0.218 e. The largest absolute Gasteiger partial charge is 0.497 e. The van der Waals surface area contributed by atoms with Crippen molar-refractivity contribution in [1.29, 1.82) is 0 Å². The quantitative estimate of drug-likeness (QED) is 0.215. The number of carbonyl (C=O) groups is 1. The molecule has 0 saturated heterocycles. The summed E-state index contributed by atoms with van der Waals surface area (Å²) >= 11 is 3.46. The van der Waals surface area contributed by atoms with Crippen LogP contribution in [0.15, 0.2) is 89.5 Å². The summed E-state index contributed by atoms with van der Waals surface area (Å²) in [7, 11) is 3.57. The third-order valence-corrected chi connectivity index (χ3v) is 6.75. The summed E-state index contributed by atoms with van der Waals surface area (Å²) in [5.74, 6) is 1.97. The Morgan fingerprint density at radius 3 is 2.42 bits per heavy atom. The highest BCUT2D eigenvalue weighted by molar-refractivity contribution is 9.10. The number of imidazole rings is 1. The molecule has 192 valence electrons. The number of benzene rings is 3. The zero-order chi connectivity index (χ0) is 26.6. The summed E-state index contributed by atoms with van der Waals surface area (Å²) in [5.41, 5.74) is 9.87. The number of fused-ring (bicyclic) bond motifs is 1. The lowest BCUT2D eigenvalue weighted by Crippen LogP contribution is -2.17. The van der Waals surface area contributed by atoms with Gasteiger partial charge in [-0.3, -0.25) is 9.78 Å². The first-order chi connectivity index (χ1) is 18.4. The second-order valence-corrected chi connectivity index (χ2v) is 9.71. The molecule has 0 fully saturated rings. The van der Waals surface area contributed by atoms with Gasteiger partial charge in [0.2, 0.25) is 11.9 Å². The molecule has 5 rings (SSSR count). The van der Waals surface area contributed by atoms with Crippen molar-refractivity contribution in [3.63, 3.8) is 0 Å². The molecule has 1 atom stereocenters. The molecular weight excluding hydrogens is 546 g/mol. The van der Waals surface area contributed by atoms with Gasteiger partial charge in [0.15, 0.2) is 0 Å². The van der Waals surface area contributed by atoms with Crippen LogP contribution >= 0.6 is 15.9 Å². The number of pyridine rings is 1. The SMILES string of the molecule is COc1ccc(C(CC(N)=O)c2cc(Oc3ccc4c(c3)nc(Nc3ccc(Br)cc3)n4C)ccn2)cc1. The first kappa shape index (κ1) is 25.3. The summed E-state index contributed by atoms with van der Waals surface area (Å²) in [6.07, 6.45) is 1.79. The van der Waals surface area contributed by atoms with Crippen molar-refractivity contribution in [2.75, 3.05) is 12.4 Å². The Labute approximate surface area is 228 Å². The second kappa shape index (κ2) is 10.9. The molecule has 8 nitrogen and oxygen atoms in total. The molecule has 0 aliphatic carbocycles. The fourth-order valence-corrected chi connectivity index (χ4v) is 4.53. The highest BCUT2D eigenvalue weighted by Crippen LogP contribution is 2.32. The van der Waals surface area contributed by atoms with Crippen LogP contribution in [0.3, 0.4) is 0 Å². The second-order valence-electron chi connectivity index (χ2n) is 8.79. The molecule has 0 aliphatic rings. The number of nitrogens with two attached hydrogens (primary N) is 1. The smallest absolute Gasteiger partial charge is 0.218 e. The van der Waals surface area contributed by atoms with Crippen LogP contribution in [0.25, 0.3) is 11.0 Å². The Hall–Kier alpha value is -4.37. The molecule has 0 radical (unpaired) electrons. The fourth-order valence-electron chi connectivity index (χ4n) is 4.27. The van der Waals surface area contributed by atoms with E-state index in [2.05, 4.69) is 26.2 Å². The van der Waals surface area contributed by atoms with Gasteiger partial charge >= 0.3 is 0 Å². The number of anilines is 2. The molecule has 3 N–H and O–H groups in total. The minimum atomic E-state index is -0.410. The number of amides is 1. The van der Waals surface area contributed by atoms with Crippen molar-refractivity contribution >= 4 is 44.5 Å². The molecule has 0 saturated carbocycles. The summed E-state index contributed by atoms with van der Waals surface area (Å²) < 4.78 is 14.4. The van der Waals surface area contributed by atoms with E-state index in [0.29, 0.717) is 17.2 Å². The minimum absolute atomic E-state index is 0.122. The molecule has 1 unspecified atom stereocenters. The number of ether oxygens (including phenoxy) is 2. The summed E-state index contributed by atoms with van der Waals surface area (Å²) in [4.78, 5) is 21.1. The number of halogens is 1. The summed E-state index contributed by atoms with van der Waals surface area (Å²) in [6.45, 7) is 0. The van der Waals surface area contributed by atoms with Gasteiger partial charge in [-0.2, -0.15) is 0 Å². The van der Waals surface area contributed by atoms with Crippen LogP contribution < -0.4 is 20.5 Å². The molecule has 2 aromatic heterocycles. The van der Waals surface area contributed by atoms with Gasteiger partial charge in [0.25, 0.3) is 0 Å². The van der Waals surface area contributed by atoms with Crippen LogP contribution in [0.2, 0.25) is 0 Å². The summed E-state index contributed by atoms with van der Waals surface area (Å²) in [6, 6.07) is 24.8. The van der Waals surface area contributed by atoms with E-state index in [-0.39, 0.29) is 12.3 Å². The predicted molar refractivity (Wildman–Crippen MR) is 151 cm³/mol. The number of nitrogens with zero attached hydrogens (tertiary/aromatic N) is 3. The van der Waals surface area contributed by atoms with E-state index in [1.807, 2.05) is 84.4 Å². The van der Waals surface area contributed by atoms with Gasteiger partial charge in [0, 0.05) is 47.9 Å². The number of aryl methyl sites for hydroxylation is 1. The molecule has 5 aromatic rings. The number of primary amides is 1. The lowest BCUT2D eigenvalue weighted by molar-refractivity contribution is -0.118. The van der Waals surface area contributed by atoms with Gasteiger partial charge in [-0.05, 0) is 60.2 Å². The zero-order valence-electron chi connectivity index (χ0n) is 20.9. The molecule has 0 bridgehead atoms. The van der Waals surface area contributed by atoms with Gasteiger partial charge < -0.3 is 25.1 Å². The Bertz CT molecular complexity index is 1580. The highest BCUT2D eigenvalue weighted by atomic mass is 79.9. The highest BCUT2D eigenvalue weighted by Gasteiger charge is 2.19. The number of nitrogens with one attached hydrogen (secondary N) is 1. The molecule has 0 aliphatic heterocycles. The molecule has 1 amide bonds. The van der Waals surface area contributed by atoms with E-state index in [9.17, 15) is 4.79 Å². The molecule has 38 heavy (non-hydrogen) atoms. The topological polar surface area (TPSA) is 104 Å². The van der Waals surface area contributed by atoms with Crippen LogP contribution in [0.5, 0.6) is 17.2 Å². The molecule has 9 heteroatoms. The lowest BCUT2D eigenvalue weighted by atomic mass is 9.91. The van der Waals surface area contributed by atoms with Gasteiger partial charge in [0.1, 0.15) is 17.2 Å². The van der Waals surface area contributed by atoms with Crippen LogP contribution in [0.1, 0.15) is 23.6 Å². The third-order valence-electron chi connectivity index (χ3n) is 6.22.